The van der Waals surface area contributed by atoms with E-state index in [9.17, 15) is 4.79 Å². The Morgan fingerprint density at radius 2 is 2.21 bits per heavy atom. The van der Waals surface area contributed by atoms with Gasteiger partial charge in [-0.05, 0) is 36.8 Å². The molecule has 19 heavy (non-hydrogen) atoms. The van der Waals surface area contributed by atoms with Gasteiger partial charge in [-0.25, -0.2) is 0 Å². The molecule has 1 aromatic carbocycles. The van der Waals surface area contributed by atoms with E-state index in [0.717, 1.165) is 29.8 Å². The van der Waals surface area contributed by atoms with E-state index in [0.29, 0.717) is 6.54 Å². The van der Waals surface area contributed by atoms with Crippen LogP contribution in [0.2, 0.25) is 0 Å². The normalized spacial score (nSPS) is 19.9. The molecule has 3 nitrogen and oxygen atoms in total. The lowest BCUT2D eigenvalue weighted by Crippen LogP contribution is -2.45. The summed E-state index contributed by atoms with van der Waals surface area (Å²) in [6.45, 7) is 3.56. The van der Waals surface area contributed by atoms with Crippen molar-refractivity contribution in [2.24, 2.45) is 5.73 Å². The first kappa shape index (κ1) is 12.6. The first-order valence-electron chi connectivity index (χ1n) is 6.70. The molecule has 1 saturated heterocycles. The average molecular weight is 274 g/mol. The molecule has 0 radical (unpaired) electrons. The lowest BCUT2D eigenvalue weighted by molar-refractivity contribution is 0.0713. The lowest BCUT2D eigenvalue weighted by atomic mass is 10.1. The van der Waals surface area contributed by atoms with Crippen molar-refractivity contribution >= 4 is 27.3 Å². The summed E-state index contributed by atoms with van der Waals surface area (Å²) in [4.78, 5) is 15.4. The number of likely N-dealkylation sites (tertiary alicyclic amines) is 1. The van der Waals surface area contributed by atoms with Gasteiger partial charge in [0.15, 0.2) is 0 Å². The van der Waals surface area contributed by atoms with Crippen LogP contribution in [0.25, 0.3) is 10.1 Å². The van der Waals surface area contributed by atoms with Crippen molar-refractivity contribution in [3.8, 4) is 0 Å². The standard InChI is InChI=1S/C15H18N2OS/c1-10-12-6-2-3-7-13(12)19-14(10)15(18)17-8-4-5-11(16)9-17/h2-3,6-7,11H,4-5,8-9,16H2,1H3. The highest BCUT2D eigenvalue weighted by Gasteiger charge is 2.25. The van der Waals surface area contributed by atoms with Gasteiger partial charge in [0.1, 0.15) is 0 Å². The van der Waals surface area contributed by atoms with Gasteiger partial charge in [0.25, 0.3) is 5.91 Å². The third-order valence-electron chi connectivity index (χ3n) is 3.78. The molecule has 2 aromatic rings. The maximum Gasteiger partial charge on any atom is 0.264 e. The van der Waals surface area contributed by atoms with Crippen LogP contribution in [0.5, 0.6) is 0 Å². The highest BCUT2D eigenvalue weighted by Crippen LogP contribution is 2.31. The second kappa shape index (κ2) is 4.94. The fraction of sp³-hybridized carbons (Fsp3) is 0.400. The number of carbonyl (C=O) groups is 1. The van der Waals surface area contributed by atoms with Crippen LogP contribution in [0, 0.1) is 6.92 Å². The maximum atomic E-state index is 12.6. The van der Waals surface area contributed by atoms with Crippen molar-refractivity contribution in [2.45, 2.75) is 25.8 Å². The number of benzene rings is 1. The van der Waals surface area contributed by atoms with Crippen LogP contribution in [-0.4, -0.2) is 29.9 Å². The fourth-order valence-corrected chi connectivity index (χ4v) is 3.89. The molecule has 0 aliphatic carbocycles. The summed E-state index contributed by atoms with van der Waals surface area (Å²) in [5.74, 6) is 0.147. The van der Waals surface area contributed by atoms with Crippen LogP contribution >= 0.6 is 11.3 Å². The molecule has 1 atom stereocenters. The SMILES string of the molecule is Cc1c(C(=O)N2CCCC(N)C2)sc2ccccc12. The number of thiophene rings is 1. The molecule has 3 rings (SSSR count). The molecule has 0 spiro atoms. The van der Waals surface area contributed by atoms with E-state index in [2.05, 4.69) is 12.1 Å². The largest absolute Gasteiger partial charge is 0.336 e. The van der Waals surface area contributed by atoms with E-state index in [1.54, 1.807) is 11.3 Å². The van der Waals surface area contributed by atoms with E-state index >= 15 is 0 Å². The third-order valence-corrected chi connectivity index (χ3v) is 5.04. The van der Waals surface area contributed by atoms with Crippen molar-refractivity contribution in [1.82, 2.24) is 4.90 Å². The number of rotatable bonds is 1. The first-order chi connectivity index (χ1) is 9.16. The van der Waals surface area contributed by atoms with Gasteiger partial charge in [0.2, 0.25) is 0 Å². The smallest absolute Gasteiger partial charge is 0.264 e. The van der Waals surface area contributed by atoms with Crippen molar-refractivity contribution in [3.63, 3.8) is 0 Å². The van der Waals surface area contributed by atoms with Gasteiger partial charge in [-0.2, -0.15) is 0 Å². The zero-order chi connectivity index (χ0) is 13.4. The second-order valence-electron chi connectivity index (χ2n) is 5.21. The van der Waals surface area contributed by atoms with Crippen LogP contribution in [0.3, 0.4) is 0 Å². The van der Waals surface area contributed by atoms with Gasteiger partial charge in [-0.3, -0.25) is 4.79 Å². The molecule has 1 amide bonds. The van der Waals surface area contributed by atoms with E-state index < -0.39 is 0 Å². The Morgan fingerprint density at radius 1 is 1.42 bits per heavy atom. The molecule has 1 aliphatic heterocycles. The van der Waals surface area contributed by atoms with Crippen molar-refractivity contribution in [2.75, 3.05) is 13.1 Å². The van der Waals surface area contributed by atoms with Gasteiger partial charge in [0.05, 0.1) is 4.88 Å². The Bertz CT molecular complexity index is 620. The van der Waals surface area contributed by atoms with Crippen molar-refractivity contribution in [1.29, 1.82) is 0 Å². The Morgan fingerprint density at radius 3 is 2.95 bits per heavy atom. The van der Waals surface area contributed by atoms with Crippen molar-refractivity contribution in [3.05, 3.63) is 34.7 Å². The predicted octanol–water partition coefficient (Wildman–Crippen LogP) is 2.77. The van der Waals surface area contributed by atoms with Gasteiger partial charge >= 0.3 is 0 Å². The maximum absolute atomic E-state index is 12.6. The summed E-state index contributed by atoms with van der Waals surface area (Å²) in [6, 6.07) is 8.33. The number of carbonyl (C=O) groups excluding carboxylic acids is 1. The minimum absolute atomic E-state index is 0.132. The summed E-state index contributed by atoms with van der Waals surface area (Å²) in [7, 11) is 0. The second-order valence-corrected chi connectivity index (χ2v) is 6.26. The molecule has 100 valence electrons. The number of aryl methyl sites for hydroxylation is 1. The molecule has 1 aromatic heterocycles. The van der Waals surface area contributed by atoms with E-state index in [1.165, 1.54) is 10.1 Å². The number of piperidine rings is 1. The summed E-state index contributed by atoms with van der Waals surface area (Å²) >= 11 is 1.59. The van der Waals surface area contributed by atoms with Crippen LogP contribution in [0.15, 0.2) is 24.3 Å². The van der Waals surface area contributed by atoms with Crippen LogP contribution in [-0.2, 0) is 0 Å². The van der Waals surface area contributed by atoms with Crippen LogP contribution in [0.1, 0.15) is 28.1 Å². The molecule has 4 heteroatoms. The van der Waals surface area contributed by atoms with E-state index in [-0.39, 0.29) is 11.9 Å². The first-order valence-corrected chi connectivity index (χ1v) is 7.51. The van der Waals surface area contributed by atoms with Crippen molar-refractivity contribution < 1.29 is 4.79 Å². The summed E-state index contributed by atoms with van der Waals surface area (Å²) in [5, 5.41) is 1.19. The highest BCUT2D eigenvalue weighted by atomic mass is 32.1. The minimum Gasteiger partial charge on any atom is -0.336 e. The van der Waals surface area contributed by atoms with Crippen LogP contribution in [0.4, 0.5) is 0 Å². The Balaban J connectivity index is 1.95. The summed E-state index contributed by atoms with van der Waals surface area (Å²) in [6.07, 6.45) is 2.03. The number of fused-ring (bicyclic) bond motifs is 1. The Hall–Kier alpha value is -1.39. The topological polar surface area (TPSA) is 46.3 Å². The third kappa shape index (κ3) is 2.26. The van der Waals surface area contributed by atoms with Crippen LogP contribution < -0.4 is 5.73 Å². The number of hydrogen-bond acceptors (Lipinski definition) is 3. The van der Waals surface area contributed by atoms with Gasteiger partial charge in [-0.15, -0.1) is 11.3 Å². The molecule has 1 unspecified atom stereocenters. The molecule has 0 saturated carbocycles. The zero-order valence-corrected chi connectivity index (χ0v) is 11.9. The number of hydrogen-bond donors (Lipinski definition) is 1. The number of amides is 1. The highest BCUT2D eigenvalue weighted by molar-refractivity contribution is 7.21. The minimum atomic E-state index is 0.132. The number of nitrogens with two attached hydrogens (primary N) is 1. The average Bonchev–Trinajstić information content (AvgIpc) is 2.76. The Labute approximate surface area is 117 Å². The summed E-state index contributed by atoms with van der Waals surface area (Å²) in [5.41, 5.74) is 7.07. The zero-order valence-electron chi connectivity index (χ0n) is 11.1. The fourth-order valence-electron chi connectivity index (χ4n) is 2.72. The molecule has 1 fully saturated rings. The lowest BCUT2D eigenvalue weighted by Gasteiger charge is -2.30. The molecular formula is C15H18N2OS. The Kier molecular flexibility index (Phi) is 3.29. The van der Waals surface area contributed by atoms with E-state index in [4.69, 9.17) is 5.73 Å². The van der Waals surface area contributed by atoms with Gasteiger partial charge < -0.3 is 10.6 Å². The molecule has 0 bridgehead atoms. The van der Waals surface area contributed by atoms with Gasteiger partial charge in [0, 0.05) is 23.8 Å². The quantitative estimate of drug-likeness (QED) is 0.869. The monoisotopic (exact) mass is 274 g/mol. The van der Waals surface area contributed by atoms with Gasteiger partial charge in [-0.1, -0.05) is 18.2 Å². The molecule has 2 N–H and O–H groups in total. The van der Waals surface area contributed by atoms with E-state index in [1.807, 2.05) is 24.0 Å². The molecule has 2 heterocycles. The predicted molar refractivity (Wildman–Crippen MR) is 79.7 cm³/mol. The molecular weight excluding hydrogens is 256 g/mol. The summed E-state index contributed by atoms with van der Waals surface area (Å²) < 4.78 is 1.18. The number of nitrogens with zero attached hydrogens (tertiary/aromatic N) is 1. The molecule has 1 aliphatic rings.